The van der Waals surface area contributed by atoms with Crippen LogP contribution in [0.25, 0.3) is 0 Å². The number of H-pyrrole nitrogens is 1. The van der Waals surface area contributed by atoms with Gasteiger partial charge in [0.25, 0.3) is 5.56 Å². The molecule has 1 rings (SSSR count). The summed E-state index contributed by atoms with van der Waals surface area (Å²) >= 11 is 0. The van der Waals surface area contributed by atoms with Crippen LogP contribution >= 0.6 is 0 Å². The second-order valence-corrected chi connectivity index (χ2v) is 3.63. The lowest BCUT2D eigenvalue weighted by atomic mass is 10.0. The molecular weight excluding hydrogens is 212 g/mol. The van der Waals surface area contributed by atoms with Crippen LogP contribution in [0.5, 0.6) is 0 Å². The first-order valence-electron chi connectivity index (χ1n) is 4.75. The van der Waals surface area contributed by atoms with Crippen LogP contribution in [-0.2, 0) is 4.79 Å². The molecule has 1 aromatic heterocycles. The van der Waals surface area contributed by atoms with Gasteiger partial charge in [-0.3, -0.25) is 9.59 Å². The molecule has 1 aromatic rings. The molecule has 0 aliphatic carbocycles. The van der Waals surface area contributed by atoms with E-state index >= 15 is 0 Å². The van der Waals surface area contributed by atoms with Gasteiger partial charge in [-0.1, -0.05) is 0 Å². The van der Waals surface area contributed by atoms with Gasteiger partial charge in [-0.15, -0.1) is 0 Å². The van der Waals surface area contributed by atoms with Crippen molar-refractivity contribution in [3.8, 4) is 0 Å². The lowest BCUT2D eigenvalue weighted by Crippen LogP contribution is -2.26. The zero-order valence-electron chi connectivity index (χ0n) is 8.80. The van der Waals surface area contributed by atoms with Gasteiger partial charge < -0.3 is 20.9 Å². The first-order valence-corrected chi connectivity index (χ1v) is 4.75. The first kappa shape index (κ1) is 12.4. The summed E-state index contributed by atoms with van der Waals surface area (Å²) < 4.78 is 0. The Hall–Kier alpha value is -1.66. The molecule has 0 bridgehead atoms. The number of carbonyl (C=O) groups is 1. The molecule has 88 valence electrons. The zero-order valence-corrected chi connectivity index (χ0v) is 8.80. The van der Waals surface area contributed by atoms with Gasteiger partial charge >= 0.3 is 0 Å². The zero-order chi connectivity index (χ0) is 12.3. The molecule has 2 unspecified atom stereocenters. The number of primary amides is 1. The number of aliphatic hydroxyl groups excluding tert-OH is 2. The number of pyridine rings is 1. The number of carbonyl (C=O) groups excluding carboxylic acids is 1. The Morgan fingerprint density at radius 3 is 2.69 bits per heavy atom. The fraction of sp³-hybridized carbons (Fsp3) is 0.400. The van der Waals surface area contributed by atoms with E-state index in [2.05, 4.69) is 4.98 Å². The van der Waals surface area contributed by atoms with Gasteiger partial charge in [-0.05, 0) is 18.6 Å². The minimum atomic E-state index is -1.28. The number of amides is 1. The Morgan fingerprint density at radius 2 is 2.19 bits per heavy atom. The average Bonchev–Trinajstić information content (AvgIpc) is 2.20. The van der Waals surface area contributed by atoms with Gasteiger partial charge in [0.2, 0.25) is 5.91 Å². The summed E-state index contributed by atoms with van der Waals surface area (Å²) in [6.07, 6.45) is -1.56. The molecule has 0 radical (unpaired) electrons. The molecule has 1 heterocycles. The van der Waals surface area contributed by atoms with Crippen LogP contribution in [0.15, 0.2) is 17.1 Å². The number of nitrogens with two attached hydrogens (primary N) is 1. The van der Waals surface area contributed by atoms with Gasteiger partial charge in [-0.2, -0.15) is 0 Å². The van der Waals surface area contributed by atoms with Crippen molar-refractivity contribution in [3.63, 3.8) is 0 Å². The van der Waals surface area contributed by atoms with Crippen molar-refractivity contribution in [1.82, 2.24) is 4.98 Å². The van der Waals surface area contributed by atoms with E-state index in [0.29, 0.717) is 11.1 Å². The van der Waals surface area contributed by atoms with E-state index in [-0.39, 0.29) is 12.0 Å². The second-order valence-electron chi connectivity index (χ2n) is 3.63. The van der Waals surface area contributed by atoms with Gasteiger partial charge in [0.1, 0.15) is 6.10 Å². The van der Waals surface area contributed by atoms with Crippen LogP contribution in [0, 0.1) is 6.92 Å². The van der Waals surface area contributed by atoms with Gasteiger partial charge in [0.15, 0.2) is 0 Å². The van der Waals surface area contributed by atoms with Crippen molar-refractivity contribution < 1.29 is 15.0 Å². The Bertz CT molecular complexity index is 441. The van der Waals surface area contributed by atoms with Crippen molar-refractivity contribution >= 4 is 5.91 Å². The molecular formula is C10H14N2O4. The fourth-order valence-electron chi connectivity index (χ4n) is 1.33. The van der Waals surface area contributed by atoms with E-state index < -0.39 is 18.1 Å². The highest BCUT2D eigenvalue weighted by atomic mass is 16.3. The highest BCUT2D eigenvalue weighted by Crippen LogP contribution is 2.17. The van der Waals surface area contributed by atoms with Crippen LogP contribution in [0.1, 0.15) is 23.7 Å². The molecule has 0 fully saturated rings. The van der Waals surface area contributed by atoms with E-state index in [1.807, 2.05) is 0 Å². The molecule has 6 nitrogen and oxygen atoms in total. The third-order valence-electron chi connectivity index (χ3n) is 2.23. The van der Waals surface area contributed by atoms with E-state index in [4.69, 9.17) is 5.73 Å². The highest BCUT2D eigenvalue weighted by Gasteiger charge is 2.20. The monoisotopic (exact) mass is 226 g/mol. The van der Waals surface area contributed by atoms with Gasteiger partial charge in [0, 0.05) is 11.8 Å². The summed E-state index contributed by atoms with van der Waals surface area (Å²) in [6, 6.07) is 1.45. The third kappa shape index (κ3) is 2.91. The minimum absolute atomic E-state index is 0.264. The molecule has 0 aliphatic rings. The highest BCUT2D eigenvalue weighted by molar-refractivity contribution is 5.74. The van der Waals surface area contributed by atoms with E-state index in [1.165, 1.54) is 12.3 Å². The van der Waals surface area contributed by atoms with Gasteiger partial charge in [-0.25, -0.2) is 0 Å². The largest absolute Gasteiger partial charge is 0.390 e. The SMILES string of the molecule is Cc1cc(C(O)C(O)CC(N)=O)c[nH]c1=O. The predicted octanol–water partition coefficient (Wildman–Crippen LogP) is -1.05. The van der Waals surface area contributed by atoms with Crippen molar-refractivity contribution in [2.45, 2.75) is 25.6 Å². The molecule has 6 heteroatoms. The van der Waals surface area contributed by atoms with Crippen LogP contribution in [0.4, 0.5) is 0 Å². The lowest BCUT2D eigenvalue weighted by Gasteiger charge is -2.16. The number of aryl methyl sites for hydroxylation is 1. The average molecular weight is 226 g/mol. The quantitative estimate of drug-likeness (QED) is 0.524. The maximum Gasteiger partial charge on any atom is 0.250 e. The molecule has 2 atom stereocenters. The number of aliphatic hydroxyl groups is 2. The van der Waals surface area contributed by atoms with Crippen LogP contribution < -0.4 is 11.3 Å². The Labute approximate surface area is 91.7 Å². The number of hydrogen-bond acceptors (Lipinski definition) is 4. The molecule has 0 spiro atoms. The number of nitrogens with one attached hydrogen (secondary N) is 1. The molecule has 1 amide bonds. The van der Waals surface area contributed by atoms with E-state index in [9.17, 15) is 19.8 Å². The van der Waals surface area contributed by atoms with Crippen LogP contribution in [0.3, 0.4) is 0 Å². The molecule has 0 saturated heterocycles. The number of rotatable bonds is 4. The molecule has 0 aliphatic heterocycles. The summed E-state index contributed by atoms with van der Waals surface area (Å²) in [5.74, 6) is -0.701. The fourth-order valence-corrected chi connectivity index (χ4v) is 1.33. The van der Waals surface area contributed by atoms with Crippen LogP contribution in [-0.4, -0.2) is 27.2 Å². The molecule has 5 N–H and O–H groups in total. The summed E-state index contributed by atoms with van der Waals surface area (Å²) in [5, 5.41) is 19.1. The number of aromatic nitrogens is 1. The standard InChI is InChI=1S/C10H14N2O4/c1-5-2-6(4-12-10(5)16)9(15)7(13)3-8(11)14/h2,4,7,9,13,15H,3H2,1H3,(H2,11,14)(H,12,16). The molecule has 0 aromatic carbocycles. The topological polar surface area (TPSA) is 116 Å². The summed E-state index contributed by atoms with van der Waals surface area (Å²) in [5.41, 5.74) is 5.39. The second kappa shape index (κ2) is 4.91. The van der Waals surface area contributed by atoms with Crippen molar-refractivity contribution in [1.29, 1.82) is 0 Å². The first-order chi connectivity index (χ1) is 7.41. The summed E-state index contributed by atoms with van der Waals surface area (Å²) in [7, 11) is 0. The normalized spacial score (nSPS) is 14.4. The summed E-state index contributed by atoms with van der Waals surface area (Å²) in [6.45, 7) is 1.58. The van der Waals surface area contributed by atoms with Crippen molar-refractivity contribution in [3.05, 3.63) is 33.7 Å². The Kier molecular flexibility index (Phi) is 3.81. The van der Waals surface area contributed by atoms with E-state index in [0.717, 1.165) is 0 Å². The van der Waals surface area contributed by atoms with Gasteiger partial charge in [0.05, 0.1) is 12.5 Å². The van der Waals surface area contributed by atoms with Crippen molar-refractivity contribution in [2.75, 3.05) is 0 Å². The minimum Gasteiger partial charge on any atom is -0.390 e. The summed E-state index contributed by atoms with van der Waals surface area (Å²) in [4.78, 5) is 24.0. The molecule has 16 heavy (non-hydrogen) atoms. The lowest BCUT2D eigenvalue weighted by molar-refractivity contribution is -0.121. The smallest absolute Gasteiger partial charge is 0.250 e. The van der Waals surface area contributed by atoms with Crippen molar-refractivity contribution in [2.24, 2.45) is 5.73 Å². The maximum atomic E-state index is 11.1. The number of aromatic amines is 1. The number of hydrogen-bond donors (Lipinski definition) is 4. The Balaban J connectivity index is 2.87. The maximum absolute atomic E-state index is 11.1. The predicted molar refractivity (Wildman–Crippen MR) is 56.6 cm³/mol. The van der Waals surface area contributed by atoms with E-state index in [1.54, 1.807) is 6.92 Å². The molecule has 0 saturated carbocycles. The third-order valence-corrected chi connectivity index (χ3v) is 2.23. The Morgan fingerprint density at radius 1 is 1.56 bits per heavy atom. The van der Waals surface area contributed by atoms with Crippen LogP contribution in [0.2, 0.25) is 0 Å².